The molecule has 4 heteroatoms. The van der Waals surface area contributed by atoms with Gasteiger partial charge < -0.3 is 15.1 Å². The zero-order chi connectivity index (χ0) is 13.8. The summed E-state index contributed by atoms with van der Waals surface area (Å²) in [5.41, 5.74) is 3.37. The van der Waals surface area contributed by atoms with E-state index in [9.17, 15) is 4.79 Å². The van der Waals surface area contributed by atoms with E-state index < -0.39 is 0 Å². The summed E-state index contributed by atoms with van der Waals surface area (Å²) in [6.45, 7) is 3.60. The van der Waals surface area contributed by atoms with E-state index in [-0.39, 0.29) is 5.91 Å². The monoisotopic (exact) mass is 261 g/mol. The van der Waals surface area contributed by atoms with E-state index in [0.717, 1.165) is 38.2 Å². The molecule has 1 aliphatic rings. The maximum absolute atomic E-state index is 12.3. The quantitative estimate of drug-likeness (QED) is 0.868. The molecule has 4 nitrogen and oxygen atoms in total. The Morgan fingerprint density at radius 3 is 2.63 bits per heavy atom. The molecule has 0 saturated carbocycles. The number of amides is 1. The van der Waals surface area contributed by atoms with Crippen LogP contribution in [0.4, 0.5) is 0 Å². The number of benzene rings is 1. The average Bonchev–Trinajstić information content (AvgIpc) is 2.84. The Morgan fingerprint density at radius 1 is 1.16 bits per heavy atom. The largest absolute Gasteiger partial charge is 0.342 e. The van der Waals surface area contributed by atoms with Crippen LogP contribution in [0.3, 0.4) is 0 Å². The van der Waals surface area contributed by atoms with Gasteiger partial charge in [0.1, 0.15) is 0 Å². The average molecular weight is 261 g/mol. The molecule has 0 radical (unpaired) electrons. The van der Waals surface area contributed by atoms with Crippen molar-refractivity contribution in [3.05, 3.63) is 34.9 Å². The molecule has 0 fully saturated rings. The fraction of sp³-hybridized carbons (Fsp3) is 0.533. The summed E-state index contributed by atoms with van der Waals surface area (Å²) in [6.07, 6.45) is 1.00. The summed E-state index contributed by atoms with van der Waals surface area (Å²) in [5.74, 6) is 0.119. The van der Waals surface area contributed by atoms with Crippen molar-refractivity contribution in [1.82, 2.24) is 15.1 Å². The molecule has 0 saturated heterocycles. The Hall–Kier alpha value is -1.39. The molecule has 0 aromatic heterocycles. The van der Waals surface area contributed by atoms with Crippen LogP contribution in [0.25, 0.3) is 0 Å². The Labute approximate surface area is 115 Å². The Balaban J connectivity index is 1.95. The molecule has 0 spiro atoms. The van der Waals surface area contributed by atoms with Gasteiger partial charge in [-0.15, -0.1) is 0 Å². The Morgan fingerprint density at radius 2 is 1.89 bits per heavy atom. The lowest BCUT2D eigenvalue weighted by Crippen LogP contribution is -2.29. The van der Waals surface area contributed by atoms with Gasteiger partial charge in [-0.1, -0.05) is 6.07 Å². The van der Waals surface area contributed by atoms with E-state index in [2.05, 4.69) is 30.4 Å². The smallest absolute Gasteiger partial charge is 0.253 e. The first-order valence-electron chi connectivity index (χ1n) is 6.80. The first-order chi connectivity index (χ1) is 9.08. The van der Waals surface area contributed by atoms with Crippen molar-refractivity contribution >= 4 is 5.91 Å². The highest BCUT2D eigenvalue weighted by Crippen LogP contribution is 2.17. The highest BCUT2D eigenvalue weighted by Gasteiger charge is 2.15. The topological polar surface area (TPSA) is 35.6 Å². The lowest BCUT2D eigenvalue weighted by Gasteiger charge is -2.19. The standard InChI is InChI=1S/C15H23N3O/c1-17(2)7-4-8-18(3)15(19)12-5-6-13-10-16-11-14(13)9-12/h5-6,9,16H,4,7-8,10-11H2,1-3H3. The molecular formula is C15H23N3O. The van der Waals surface area contributed by atoms with Crippen molar-refractivity contribution in [2.45, 2.75) is 19.5 Å². The minimum atomic E-state index is 0.119. The third kappa shape index (κ3) is 3.55. The summed E-state index contributed by atoms with van der Waals surface area (Å²) in [4.78, 5) is 16.3. The minimum Gasteiger partial charge on any atom is -0.342 e. The number of hydrogen-bond donors (Lipinski definition) is 1. The van der Waals surface area contributed by atoms with Gasteiger partial charge in [-0.05, 0) is 50.3 Å². The molecule has 1 heterocycles. The van der Waals surface area contributed by atoms with Crippen molar-refractivity contribution in [2.75, 3.05) is 34.2 Å². The van der Waals surface area contributed by atoms with Gasteiger partial charge in [-0.25, -0.2) is 0 Å². The number of rotatable bonds is 5. The Bertz CT molecular complexity index is 457. The van der Waals surface area contributed by atoms with Gasteiger partial charge in [0.25, 0.3) is 5.91 Å². The second-order valence-electron chi connectivity index (χ2n) is 5.47. The fourth-order valence-corrected chi connectivity index (χ4v) is 2.37. The second kappa shape index (κ2) is 6.17. The molecule has 0 bridgehead atoms. The lowest BCUT2D eigenvalue weighted by atomic mass is 10.1. The third-order valence-corrected chi connectivity index (χ3v) is 3.53. The van der Waals surface area contributed by atoms with Crippen molar-refractivity contribution in [2.24, 2.45) is 0 Å². The first-order valence-corrected chi connectivity index (χ1v) is 6.80. The van der Waals surface area contributed by atoms with Crippen LogP contribution in [0.1, 0.15) is 27.9 Å². The molecule has 0 unspecified atom stereocenters. The number of fused-ring (bicyclic) bond motifs is 1. The lowest BCUT2D eigenvalue weighted by molar-refractivity contribution is 0.0790. The molecule has 1 N–H and O–H groups in total. The summed E-state index contributed by atoms with van der Waals surface area (Å²) < 4.78 is 0. The van der Waals surface area contributed by atoms with E-state index in [1.54, 1.807) is 0 Å². The number of carbonyl (C=O) groups is 1. The molecule has 1 aromatic rings. The van der Waals surface area contributed by atoms with Crippen LogP contribution in [0, 0.1) is 0 Å². The molecule has 1 amide bonds. The summed E-state index contributed by atoms with van der Waals surface area (Å²) in [6, 6.07) is 6.03. The normalized spacial score (nSPS) is 13.7. The summed E-state index contributed by atoms with van der Waals surface area (Å²) in [5, 5.41) is 3.30. The third-order valence-electron chi connectivity index (χ3n) is 3.53. The van der Waals surface area contributed by atoms with Crippen molar-refractivity contribution < 1.29 is 4.79 Å². The fourth-order valence-electron chi connectivity index (χ4n) is 2.37. The maximum atomic E-state index is 12.3. The summed E-state index contributed by atoms with van der Waals surface area (Å²) in [7, 11) is 5.98. The van der Waals surface area contributed by atoms with Crippen LogP contribution in [0.2, 0.25) is 0 Å². The Kier molecular flexibility index (Phi) is 4.56. The van der Waals surface area contributed by atoms with E-state index in [1.165, 1.54) is 11.1 Å². The van der Waals surface area contributed by atoms with Gasteiger partial charge >= 0.3 is 0 Å². The summed E-state index contributed by atoms with van der Waals surface area (Å²) >= 11 is 0. The van der Waals surface area contributed by atoms with E-state index >= 15 is 0 Å². The molecule has 104 valence electrons. The van der Waals surface area contributed by atoms with Crippen molar-refractivity contribution in [1.29, 1.82) is 0 Å². The predicted molar refractivity (Wildman–Crippen MR) is 77.1 cm³/mol. The number of nitrogens with zero attached hydrogens (tertiary/aromatic N) is 2. The highest BCUT2D eigenvalue weighted by atomic mass is 16.2. The van der Waals surface area contributed by atoms with Crippen LogP contribution in [0.5, 0.6) is 0 Å². The highest BCUT2D eigenvalue weighted by molar-refractivity contribution is 5.94. The predicted octanol–water partition coefficient (Wildman–Crippen LogP) is 1.31. The SMILES string of the molecule is CN(C)CCCN(C)C(=O)c1ccc2c(c1)CNC2. The van der Waals surface area contributed by atoms with E-state index in [1.807, 2.05) is 24.1 Å². The first kappa shape index (κ1) is 14.0. The van der Waals surface area contributed by atoms with Crippen LogP contribution in [-0.4, -0.2) is 49.9 Å². The zero-order valence-corrected chi connectivity index (χ0v) is 12.1. The van der Waals surface area contributed by atoms with Crippen LogP contribution in [-0.2, 0) is 13.1 Å². The maximum Gasteiger partial charge on any atom is 0.253 e. The second-order valence-corrected chi connectivity index (χ2v) is 5.47. The zero-order valence-electron chi connectivity index (χ0n) is 12.1. The van der Waals surface area contributed by atoms with E-state index in [0.29, 0.717) is 0 Å². The van der Waals surface area contributed by atoms with Crippen LogP contribution < -0.4 is 5.32 Å². The van der Waals surface area contributed by atoms with Crippen molar-refractivity contribution in [3.63, 3.8) is 0 Å². The number of hydrogen-bond acceptors (Lipinski definition) is 3. The van der Waals surface area contributed by atoms with Gasteiger partial charge in [0.2, 0.25) is 0 Å². The van der Waals surface area contributed by atoms with Gasteiger partial charge in [-0.2, -0.15) is 0 Å². The van der Waals surface area contributed by atoms with Gasteiger partial charge in [0, 0.05) is 32.2 Å². The van der Waals surface area contributed by atoms with Crippen LogP contribution in [0.15, 0.2) is 18.2 Å². The molecule has 2 rings (SSSR count). The van der Waals surface area contributed by atoms with Gasteiger partial charge in [-0.3, -0.25) is 4.79 Å². The van der Waals surface area contributed by atoms with Gasteiger partial charge in [0.15, 0.2) is 0 Å². The van der Waals surface area contributed by atoms with Crippen LogP contribution >= 0.6 is 0 Å². The van der Waals surface area contributed by atoms with Crippen molar-refractivity contribution in [3.8, 4) is 0 Å². The molecule has 0 atom stereocenters. The number of nitrogens with one attached hydrogen (secondary N) is 1. The molecule has 1 aliphatic heterocycles. The molecular weight excluding hydrogens is 238 g/mol. The molecule has 19 heavy (non-hydrogen) atoms. The molecule has 1 aromatic carbocycles. The van der Waals surface area contributed by atoms with Gasteiger partial charge in [0.05, 0.1) is 0 Å². The van der Waals surface area contributed by atoms with E-state index in [4.69, 9.17) is 0 Å². The molecule has 0 aliphatic carbocycles. The minimum absolute atomic E-state index is 0.119. The number of carbonyl (C=O) groups excluding carboxylic acids is 1.